The predicted octanol–water partition coefficient (Wildman–Crippen LogP) is 4.14. The van der Waals surface area contributed by atoms with E-state index in [2.05, 4.69) is 5.32 Å². The van der Waals surface area contributed by atoms with E-state index < -0.39 is 0 Å². The third-order valence-electron chi connectivity index (χ3n) is 3.76. The molecule has 0 atom stereocenters. The smallest absolute Gasteiger partial charge is 0.262 e. The Hall–Kier alpha value is -2.24. The van der Waals surface area contributed by atoms with Crippen molar-refractivity contribution in [1.29, 1.82) is 0 Å². The molecule has 0 unspecified atom stereocenters. The van der Waals surface area contributed by atoms with Crippen LogP contribution in [0.2, 0.25) is 10.0 Å². The highest BCUT2D eigenvalue weighted by Gasteiger charge is 2.23. The van der Waals surface area contributed by atoms with Crippen LogP contribution in [0.1, 0.15) is 12.8 Å². The van der Waals surface area contributed by atoms with Crippen molar-refractivity contribution in [2.75, 3.05) is 23.4 Å². The van der Waals surface area contributed by atoms with E-state index in [9.17, 15) is 9.59 Å². The topological polar surface area (TPSA) is 58.6 Å². The van der Waals surface area contributed by atoms with Gasteiger partial charge in [0.05, 0.1) is 10.7 Å². The minimum atomic E-state index is -0.318. The van der Waals surface area contributed by atoms with Gasteiger partial charge in [0, 0.05) is 23.7 Å². The van der Waals surface area contributed by atoms with Crippen molar-refractivity contribution < 1.29 is 14.3 Å². The third kappa shape index (κ3) is 4.44. The zero-order valence-corrected chi connectivity index (χ0v) is 14.8. The molecular weight excluding hydrogens is 363 g/mol. The molecule has 5 nitrogen and oxygen atoms in total. The fraction of sp³-hybridized carbons (Fsp3) is 0.222. The number of rotatable bonds is 5. The van der Waals surface area contributed by atoms with Crippen LogP contribution in [-0.2, 0) is 9.59 Å². The van der Waals surface area contributed by atoms with Crippen molar-refractivity contribution >= 4 is 46.4 Å². The molecule has 0 spiro atoms. The number of halogens is 2. The van der Waals surface area contributed by atoms with Crippen LogP contribution < -0.4 is 15.0 Å². The van der Waals surface area contributed by atoms with Gasteiger partial charge in [0.1, 0.15) is 5.75 Å². The van der Waals surface area contributed by atoms with E-state index in [0.29, 0.717) is 40.1 Å². The lowest BCUT2D eigenvalue weighted by molar-refractivity contribution is -0.118. The first-order chi connectivity index (χ1) is 12.0. The molecule has 7 heteroatoms. The van der Waals surface area contributed by atoms with Gasteiger partial charge in [-0.25, -0.2) is 0 Å². The summed E-state index contributed by atoms with van der Waals surface area (Å²) < 4.78 is 5.39. The Kier molecular flexibility index (Phi) is 5.46. The zero-order chi connectivity index (χ0) is 17.8. The number of nitrogens with one attached hydrogen (secondary N) is 1. The monoisotopic (exact) mass is 378 g/mol. The number of amides is 2. The van der Waals surface area contributed by atoms with Gasteiger partial charge in [-0.1, -0.05) is 29.3 Å². The molecule has 0 aliphatic carbocycles. The molecule has 0 saturated carbocycles. The Morgan fingerprint density at radius 1 is 1.20 bits per heavy atom. The van der Waals surface area contributed by atoms with Gasteiger partial charge in [0.2, 0.25) is 5.91 Å². The summed E-state index contributed by atoms with van der Waals surface area (Å²) in [7, 11) is 0. The predicted molar refractivity (Wildman–Crippen MR) is 98.6 cm³/mol. The van der Waals surface area contributed by atoms with Gasteiger partial charge in [0.15, 0.2) is 6.61 Å². The Morgan fingerprint density at radius 3 is 2.72 bits per heavy atom. The number of anilines is 2. The SMILES string of the molecule is O=C(COc1cccc(Cl)c1)Nc1ccc(N2CCCC2=O)c(Cl)c1. The molecule has 0 radical (unpaired) electrons. The summed E-state index contributed by atoms with van der Waals surface area (Å²) in [6, 6.07) is 11.9. The lowest BCUT2D eigenvalue weighted by Gasteiger charge is -2.18. The minimum absolute atomic E-state index is 0.0635. The Bertz CT molecular complexity index is 811. The molecule has 2 aromatic carbocycles. The highest BCUT2D eigenvalue weighted by molar-refractivity contribution is 6.34. The van der Waals surface area contributed by atoms with E-state index in [1.54, 1.807) is 47.4 Å². The molecule has 1 N–H and O–H groups in total. The Balaban J connectivity index is 1.60. The van der Waals surface area contributed by atoms with Gasteiger partial charge in [-0.3, -0.25) is 9.59 Å². The molecule has 2 aromatic rings. The maximum Gasteiger partial charge on any atom is 0.262 e. The van der Waals surface area contributed by atoms with E-state index in [1.165, 1.54) is 0 Å². The molecule has 1 heterocycles. The van der Waals surface area contributed by atoms with Crippen LogP contribution >= 0.6 is 23.2 Å². The van der Waals surface area contributed by atoms with Crippen molar-refractivity contribution in [2.45, 2.75) is 12.8 Å². The van der Waals surface area contributed by atoms with Crippen LogP contribution in [0, 0.1) is 0 Å². The van der Waals surface area contributed by atoms with Crippen LogP contribution in [0.25, 0.3) is 0 Å². The molecule has 1 fully saturated rings. The molecule has 130 valence electrons. The quantitative estimate of drug-likeness (QED) is 0.850. The zero-order valence-electron chi connectivity index (χ0n) is 13.3. The molecule has 2 amide bonds. The van der Waals surface area contributed by atoms with Crippen molar-refractivity contribution in [3.63, 3.8) is 0 Å². The largest absolute Gasteiger partial charge is 0.484 e. The summed E-state index contributed by atoms with van der Waals surface area (Å²) >= 11 is 12.1. The fourth-order valence-corrected chi connectivity index (χ4v) is 3.07. The van der Waals surface area contributed by atoms with Crippen molar-refractivity contribution in [3.05, 3.63) is 52.5 Å². The second-order valence-electron chi connectivity index (χ2n) is 5.61. The summed E-state index contributed by atoms with van der Waals surface area (Å²) in [6.45, 7) is 0.516. The number of hydrogen-bond acceptors (Lipinski definition) is 3. The minimum Gasteiger partial charge on any atom is -0.484 e. The van der Waals surface area contributed by atoms with Crippen LogP contribution in [0.15, 0.2) is 42.5 Å². The Morgan fingerprint density at radius 2 is 2.04 bits per heavy atom. The molecule has 3 rings (SSSR count). The first-order valence-electron chi connectivity index (χ1n) is 7.81. The van der Waals surface area contributed by atoms with Gasteiger partial charge < -0.3 is 15.0 Å². The van der Waals surface area contributed by atoms with E-state index in [0.717, 1.165) is 6.42 Å². The van der Waals surface area contributed by atoms with Crippen LogP contribution in [0.4, 0.5) is 11.4 Å². The number of ether oxygens (including phenoxy) is 1. The summed E-state index contributed by atoms with van der Waals surface area (Å²) in [6.07, 6.45) is 1.37. The lowest BCUT2D eigenvalue weighted by atomic mass is 10.2. The first kappa shape index (κ1) is 17.6. The first-order valence-corrected chi connectivity index (χ1v) is 8.56. The van der Waals surface area contributed by atoms with Gasteiger partial charge in [-0.15, -0.1) is 0 Å². The van der Waals surface area contributed by atoms with Gasteiger partial charge in [-0.2, -0.15) is 0 Å². The maximum atomic E-state index is 12.0. The van der Waals surface area contributed by atoms with Crippen LogP contribution in [0.3, 0.4) is 0 Å². The van der Waals surface area contributed by atoms with Crippen LogP contribution in [0.5, 0.6) is 5.75 Å². The summed E-state index contributed by atoms with van der Waals surface area (Å²) in [5.74, 6) is 0.262. The normalized spacial score (nSPS) is 13.8. The molecule has 25 heavy (non-hydrogen) atoms. The highest BCUT2D eigenvalue weighted by Crippen LogP contribution is 2.31. The van der Waals surface area contributed by atoms with E-state index in [1.807, 2.05) is 0 Å². The molecular formula is C18H16Cl2N2O3. The van der Waals surface area contributed by atoms with Crippen LogP contribution in [-0.4, -0.2) is 25.0 Å². The van der Waals surface area contributed by atoms with Crippen molar-refractivity contribution in [2.24, 2.45) is 0 Å². The summed E-state index contributed by atoms with van der Waals surface area (Å²) in [4.78, 5) is 25.5. The highest BCUT2D eigenvalue weighted by atomic mass is 35.5. The fourth-order valence-electron chi connectivity index (χ4n) is 2.61. The molecule has 1 saturated heterocycles. The third-order valence-corrected chi connectivity index (χ3v) is 4.30. The Labute approximate surface area is 155 Å². The number of carbonyl (C=O) groups excluding carboxylic acids is 2. The maximum absolute atomic E-state index is 12.0. The number of nitrogens with zero attached hydrogens (tertiary/aromatic N) is 1. The summed E-state index contributed by atoms with van der Waals surface area (Å²) in [5, 5.41) is 3.67. The molecule has 1 aliphatic heterocycles. The van der Waals surface area contributed by atoms with E-state index in [4.69, 9.17) is 27.9 Å². The summed E-state index contributed by atoms with van der Waals surface area (Å²) in [5.41, 5.74) is 1.21. The van der Waals surface area contributed by atoms with Gasteiger partial charge in [0.25, 0.3) is 5.91 Å². The number of hydrogen-bond donors (Lipinski definition) is 1. The second-order valence-corrected chi connectivity index (χ2v) is 6.45. The van der Waals surface area contributed by atoms with Crippen molar-refractivity contribution in [1.82, 2.24) is 0 Å². The molecule has 0 bridgehead atoms. The molecule has 1 aliphatic rings. The van der Waals surface area contributed by atoms with E-state index in [-0.39, 0.29) is 18.4 Å². The van der Waals surface area contributed by atoms with Gasteiger partial charge in [-0.05, 0) is 42.8 Å². The average molecular weight is 379 g/mol. The second kappa shape index (κ2) is 7.76. The number of benzene rings is 2. The van der Waals surface area contributed by atoms with Crippen molar-refractivity contribution in [3.8, 4) is 5.75 Å². The van der Waals surface area contributed by atoms with Gasteiger partial charge >= 0.3 is 0 Å². The standard InChI is InChI=1S/C18H16Cl2N2O3/c19-12-3-1-4-14(9-12)25-11-17(23)21-13-6-7-16(15(20)10-13)22-8-2-5-18(22)24/h1,3-4,6-7,9-10H,2,5,8,11H2,(H,21,23). The van der Waals surface area contributed by atoms with E-state index >= 15 is 0 Å². The lowest BCUT2D eigenvalue weighted by Crippen LogP contribution is -2.24. The molecule has 0 aromatic heterocycles. The average Bonchev–Trinajstić information content (AvgIpc) is 2.99. The number of carbonyl (C=O) groups is 2.